The van der Waals surface area contributed by atoms with Crippen LogP contribution in [0.5, 0.6) is 0 Å². The van der Waals surface area contributed by atoms with E-state index in [1.54, 1.807) is 0 Å². The highest BCUT2D eigenvalue weighted by Crippen LogP contribution is 2.32. The third kappa shape index (κ3) is 2.80. The van der Waals surface area contributed by atoms with Gasteiger partial charge in [0.2, 0.25) is 0 Å². The molecule has 2 rings (SSSR count). The average molecular weight is 257 g/mol. The molecule has 0 bridgehead atoms. The molecule has 0 unspecified atom stereocenters. The molecule has 0 spiro atoms. The van der Waals surface area contributed by atoms with Crippen molar-refractivity contribution >= 4 is 18.8 Å². The van der Waals surface area contributed by atoms with Crippen molar-refractivity contribution in [3.63, 3.8) is 0 Å². The smallest absolute Gasteiger partial charge is 0.115 e. The largest absolute Gasteiger partial charge is 0.372 e. The Balaban J connectivity index is 2.47. The van der Waals surface area contributed by atoms with Gasteiger partial charge in [-0.2, -0.15) is 0 Å². The molecule has 1 aromatic rings. The van der Waals surface area contributed by atoms with Crippen molar-refractivity contribution in [2.75, 3.05) is 13.2 Å². The molecule has 0 saturated heterocycles. The molecule has 0 radical (unpaired) electrons. The number of hydrogen-bond acceptors (Lipinski definition) is 3. The van der Waals surface area contributed by atoms with Crippen LogP contribution in [0.2, 0.25) is 0 Å². The number of hydrogen-bond donors (Lipinski definition) is 1. The number of aliphatic imine (C=N–C) groups is 2. The zero-order valence-electron chi connectivity index (χ0n) is 11.2. The summed E-state index contributed by atoms with van der Waals surface area (Å²) in [4.78, 5) is 7.99. The molecule has 1 aliphatic heterocycles. The number of nitrogens with two attached hydrogens (primary N) is 1. The van der Waals surface area contributed by atoms with Gasteiger partial charge in [-0.05, 0) is 31.2 Å². The zero-order chi connectivity index (χ0) is 13.7. The topological polar surface area (TPSA) is 60.0 Å². The Morgan fingerprint density at radius 1 is 1.58 bits per heavy atom. The number of fused-ring (bicyclic) bond motifs is 1. The summed E-state index contributed by atoms with van der Waals surface area (Å²) < 4.78 is 5.69. The number of nitrogens with zero attached hydrogens (tertiary/aromatic N) is 2. The van der Waals surface area contributed by atoms with Gasteiger partial charge in [0.1, 0.15) is 6.34 Å². The maximum absolute atomic E-state index is 5.76. The third-order valence-corrected chi connectivity index (χ3v) is 3.27. The first kappa shape index (κ1) is 13.6. The fourth-order valence-corrected chi connectivity index (χ4v) is 2.42. The Hall–Kier alpha value is -1.78. The molecule has 4 nitrogen and oxygen atoms in total. The fourth-order valence-electron chi connectivity index (χ4n) is 2.42. The first-order valence-electron chi connectivity index (χ1n) is 6.40. The van der Waals surface area contributed by atoms with E-state index in [9.17, 15) is 0 Å². The van der Waals surface area contributed by atoms with E-state index in [2.05, 4.69) is 28.8 Å². The summed E-state index contributed by atoms with van der Waals surface area (Å²) in [6.07, 6.45) is 4.32. The number of benzene rings is 1. The van der Waals surface area contributed by atoms with Gasteiger partial charge >= 0.3 is 0 Å². The lowest BCUT2D eigenvalue weighted by Gasteiger charge is -2.27. The lowest BCUT2D eigenvalue weighted by Crippen LogP contribution is -2.23. The predicted octanol–water partition coefficient (Wildman–Crippen LogP) is 2.35. The van der Waals surface area contributed by atoms with Crippen molar-refractivity contribution < 1.29 is 4.74 Å². The van der Waals surface area contributed by atoms with E-state index in [0.29, 0.717) is 13.2 Å². The van der Waals surface area contributed by atoms with Gasteiger partial charge in [-0.1, -0.05) is 24.3 Å². The Labute approximate surface area is 113 Å². The summed E-state index contributed by atoms with van der Waals surface area (Å²) in [5, 5.41) is 0. The lowest BCUT2D eigenvalue weighted by molar-refractivity contribution is 0.0484. The predicted molar refractivity (Wildman–Crippen MR) is 79.6 cm³/mol. The minimum absolute atomic E-state index is 0.0108. The van der Waals surface area contributed by atoms with E-state index in [0.717, 1.165) is 17.7 Å². The van der Waals surface area contributed by atoms with Crippen LogP contribution in [-0.4, -0.2) is 26.2 Å². The van der Waals surface area contributed by atoms with Crippen LogP contribution in [0, 0.1) is 0 Å². The van der Waals surface area contributed by atoms with Crippen LogP contribution in [0.25, 0.3) is 5.70 Å². The Morgan fingerprint density at radius 2 is 2.42 bits per heavy atom. The molecular formula is C15H19N3O. The molecule has 4 heteroatoms. The summed E-state index contributed by atoms with van der Waals surface area (Å²) in [7, 11) is 0. The highest BCUT2D eigenvalue weighted by Gasteiger charge is 2.22. The van der Waals surface area contributed by atoms with Crippen molar-refractivity contribution in [2.24, 2.45) is 15.7 Å². The Kier molecular flexibility index (Phi) is 4.60. The minimum atomic E-state index is -0.0108. The zero-order valence-corrected chi connectivity index (χ0v) is 11.2. The first-order chi connectivity index (χ1) is 9.31. The second kappa shape index (κ2) is 6.41. The van der Waals surface area contributed by atoms with Crippen molar-refractivity contribution in [1.82, 2.24) is 0 Å². The molecule has 1 aromatic carbocycles. The molecule has 1 aliphatic rings. The standard InChI is InChI=1S/C15H19N3O/c1-3-14(18-10-17-2)12-5-4-6-13-11(12)7-8-19-15(13)9-16/h3-6,10,15H,2,7-9,16H2,1H3/b14-3-,18-10-/t15-/m1/s1. The van der Waals surface area contributed by atoms with E-state index in [1.807, 2.05) is 19.1 Å². The quantitative estimate of drug-likeness (QED) is 0.665. The van der Waals surface area contributed by atoms with Crippen LogP contribution in [-0.2, 0) is 11.2 Å². The highest BCUT2D eigenvalue weighted by atomic mass is 16.5. The maximum Gasteiger partial charge on any atom is 0.115 e. The molecule has 100 valence electrons. The number of ether oxygens (including phenoxy) is 1. The van der Waals surface area contributed by atoms with Gasteiger partial charge in [0.25, 0.3) is 0 Å². The van der Waals surface area contributed by atoms with Crippen LogP contribution in [0.1, 0.15) is 29.7 Å². The molecule has 19 heavy (non-hydrogen) atoms. The Morgan fingerprint density at radius 3 is 3.11 bits per heavy atom. The fraction of sp³-hybridized carbons (Fsp3) is 0.333. The molecule has 0 fully saturated rings. The van der Waals surface area contributed by atoms with Crippen LogP contribution in [0.15, 0.2) is 34.3 Å². The van der Waals surface area contributed by atoms with Crippen molar-refractivity contribution in [3.8, 4) is 0 Å². The molecule has 0 aliphatic carbocycles. The molecule has 0 saturated carbocycles. The van der Waals surface area contributed by atoms with Crippen LogP contribution in [0.3, 0.4) is 0 Å². The van der Waals surface area contributed by atoms with Gasteiger partial charge in [0.05, 0.1) is 18.4 Å². The van der Waals surface area contributed by atoms with E-state index in [-0.39, 0.29) is 6.10 Å². The molecule has 0 amide bonds. The number of rotatable bonds is 4. The number of allylic oxidation sites excluding steroid dienone is 1. The van der Waals surface area contributed by atoms with Gasteiger partial charge in [0, 0.05) is 12.1 Å². The summed E-state index contributed by atoms with van der Waals surface area (Å²) in [5.41, 5.74) is 10.2. The van der Waals surface area contributed by atoms with Gasteiger partial charge in [0.15, 0.2) is 0 Å². The average Bonchev–Trinajstić information content (AvgIpc) is 2.47. The summed E-state index contributed by atoms with van der Waals surface area (Å²) in [6.45, 7) is 6.58. The summed E-state index contributed by atoms with van der Waals surface area (Å²) >= 11 is 0. The molecule has 0 aromatic heterocycles. The molecule has 1 heterocycles. The normalized spacial score (nSPS) is 19.5. The van der Waals surface area contributed by atoms with Crippen molar-refractivity contribution in [1.29, 1.82) is 0 Å². The van der Waals surface area contributed by atoms with Crippen LogP contribution < -0.4 is 5.73 Å². The second-order valence-corrected chi connectivity index (χ2v) is 4.32. The SMILES string of the molecule is C=N/C=N\C(=C/C)c1cccc2c1CCO[C@@H]2CN. The maximum atomic E-state index is 5.76. The van der Waals surface area contributed by atoms with Crippen molar-refractivity contribution in [3.05, 3.63) is 41.0 Å². The third-order valence-electron chi connectivity index (χ3n) is 3.27. The van der Waals surface area contributed by atoms with Gasteiger partial charge in [-0.25, -0.2) is 4.99 Å². The minimum Gasteiger partial charge on any atom is -0.372 e. The van der Waals surface area contributed by atoms with E-state index >= 15 is 0 Å². The molecule has 2 N–H and O–H groups in total. The van der Waals surface area contributed by atoms with Gasteiger partial charge in [-0.15, -0.1) is 0 Å². The lowest BCUT2D eigenvalue weighted by atomic mass is 9.91. The van der Waals surface area contributed by atoms with Crippen LogP contribution in [0.4, 0.5) is 0 Å². The van der Waals surface area contributed by atoms with E-state index < -0.39 is 0 Å². The summed E-state index contributed by atoms with van der Waals surface area (Å²) in [6, 6.07) is 6.18. The Bertz CT molecular complexity index is 520. The highest BCUT2D eigenvalue weighted by molar-refractivity contribution is 5.76. The first-order valence-corrected chi connectivity index (χ1v) is 6.40. The van der Waals surface area contributed by atoms with Gasteiger partial charge < -0.3 is 10.5 Å². The molecular weight excluding hydrogens is 238 g/mol. The van der Waals surface area contributed by atoms with E-state index in [1.165, 1.54) is 17.5 Å². The molecule has 1 atom stereocenters. The summed E-state index contributed by atoms with van der Waals surface area (Å²) in [5.74, 6) is 0. The van der Waals surface area contributed by atoms with Gasteiger partial charge in [-0.3, -0.25) is 4.99 Å². The van der Waals surface area contributed by atoms with Crippen molar-refractivity contribution in [2.45, 2.75) is 19.4 Å². The van der Waals surface area contributed by atoms with E-state index in [4.69, 9.17) is 10.5 Å². The monoisotopic (exact) mass is 257 g/mol. The second-order valence-electron chi connectivity index (χ2n) is 4.32. The van der Waals surface area contributed by atoms with Crippen LogP contribution >= 0.6 is 0 Å².